The van der Waals surface area contributed by atoms with Gasteiger partial charge in [-0.05, 0) is 43.1 Å². The predicted octanol–water partition coefficient (Wildman–Crippen LogP) is 2.58. The zero-order valence-corrected chi connectivity index (χ0v) is 13.1. The second-order valence-corrected chi connectivity index (χ2v) is 6.53. The fraction of sp³-hybridized carbons (Fsp3) is 0.562. The van der Waals surface area contributed by atoms with Gasteiger partial charge in [-0.2, -0.15) is 0 Å². The minimum absolute atomic E-state index is 0.0381. The summed E-state index contributed by atoms with van der Waals surface area (Å²) < 4.78 is 0. The first kappa shape index (κ1) is 16.2. The number of nitrogens with zero attached hydrogens (tertiary/aromatic N) is 1. The third-order valence-corrected chi connectivity index (χ3v) is 4.87. The molecule has 0 spiro atoms. The Labute approximate surface area is 130 Å². The number of carbonyl (C=O) groups is 1. The molecule has 1 aliphatic rings. The summed E-state index contributed by atoms with van der Waals surface area (Å²) in [5, 5.41) is 12.1. The van der Waals surface area contributed by atoms with Crippen LogP contribution in [0, 0.1) is 5.92 Å². The van der Waals surface area contributed by atoms with E-state index in [4.69, 9.17) is 5.11 Å². The Morgan fingerprint density at radius 1 is 1.29 bits per heavy atom. The number of thioether (sulfide) groups is 1. The SMILES string of the molecule is O=C(NCCCSc1ccccc1)N1CCC(CO)CC1. The van der Waals surface area contributed by atoms with E-state index in [2.05, 4.69) is 17.4 Å². The normalized spacial score (nSPS) is 16.0. The largest absolute Gasteiger partial charge is 0.396 e. The molecule has 1 heterocycles. The highest BCUT2D eigenvalue weighted by Crippen LogP contribution is 2.18. The molecule has 0 saturated carbocycles. The van der Waals surface area contributed by atoms with Crippen molar-refractivity contribution in [3.05, 3.63) is 30.3 Å². The van der Waals surface area contributed by atoms with Crippen molar-refractivity contribution in [3.63, 3.8) is 0 Å². The van der Waals surface area contributed by atoms with Crippen molar-refractivity contribution in [2.24, 2.45) is 5.92 Å². The molecule has 0 aliphatic carbocycles. The molecule has 0 radical (unpaired) electrons. The molecule has 1 saturated heterocycles. The van der Waals surface area contributed by atoms with Crippen LogP contribution in [0.4, 0.5) is 4.79 Å². The van der Waals surface area contributed by atoms with Crippen LogP contribution in [0.15, 0.2) is 35.2 Å². The van der Waals surface area contributed by atoms with E-state index < -0.39 is 0 Å². The average molecular weight is 308 g/mol. The van der Waals surface area contributed by atoms with Gasteiger partial charge in [0.15, 0.2) is 0 Å². The van der Waals surface area contributed by atoms with Gasteiger partial charge in [0, 0.05) is 31.1 Å². The van der Waals surface area contributed by atoms with Crippen LogP contribution in [0.5, 0.6) is 0 Å². The fourth-order valence-corrected chi connectivity index (χ4v) is 3.28. The molecule has 1 aliphatic heterocycles. The van der Waals surface area contributed by atoms with Gasteiger partial charge in [0.25, 0.3) is 0 Å². The lowest BCUT2D eigenvalue weighted by Crippen LogP contribution is -2.45. The lowest BCUT2D eigenvalue weighted by atomic mass is 9.98. The van der Waals surface area contributed by atoms with Gasteiger partial charge in [-0.15, -0.1) is 11.8 Å². The fourth-order valence-electron chi connectivity index (χ4n) is 2.40. The van der Waals surface area contributed by atoms with Crippen molar-refractivity contribution in [2.75, 3.05) is 32.0 Å². The quantitative estimate of drug-likeness (QED) is 0.627. The summed E-state index contributed by atoms with van der Waals surface area (Å²) in [6.07, 6.45) is 2.79. The molecule has 0 bridgehead atoms. The molecule has 1 aromatic carbocycles. The molecular formula is C16H24N2O2S. The maximum absolute atomic E-state index is 12.0. The number of amides is 2. The molecule has 0 atom stereocenters. The van der Waals surface area contributed by atoms with Gasteiger partial charge in [0.05, 0.1) is 0 Å². The molecule has 2 rings (SSSR count). The maximum Gasteiger partial charge on any atom is 0.317 e. The summed E-state index contributed by atoms with van der Waals surface area (Å²) >= 11 is 1.82. The summed E-state index contributed by atoms with van der Waals surface area (Å²) in [5.74, 6) is 1.38. The van der Waals surface area contributed by atoms with Crippen LogP contribution < -0.4 is 5.32 Å². The van der Waals surface area contributed by atoms with E-state index in [1.165, 1.54) is 4.90 Å². The summed E-state index contributed by atoms with van der Waals surface area (Å²) in [6.45, 7) is 2.48. The number of carbonyl (C=O) groups excluding carboxylic acids is 1. The highest BCUT2D eigenvalue weighted by atomic mass is 32.2. The average Bonchev–Trinajstić information content (AvgIpc) is 2.55. The van der Waals surface area contributed by atoms with Crippen LogP contribution in [0.1, 0.15) is 19.3 Å². The van der Waals surface area contributed by atoms with Crippen LogP contribution in [0.25, 0.3) is 0 Å². The number of likely N-dealkylation sites (tertiary alicyclic amines) is 1. The molecule has 116 valence electrons. The van der Waals surface area contributed by atoms with Gasteiger partial charge < -0.3 is 15.3 Å². The van der Waals surface area contributed by atoms with Crippen LogP contribution in [0.2, 0.25) is 0 Å². The van der Waals surface area contributed by atoms with Crippen molar-refractivity contribution < 1.29 is 9.90 Å². The molecule has 2 amide bonds. The number of nitrogens with one attached hydrogen (secondary N) is 1. The van der Waals surface area contributed by atoms with Crippen LogP contribution in [0.3, 0.4) is 0 Å². The molecule has 21 heavy (non-hydrogen) atoms. The van der Waals surface area contributed by atoms with Gasteiger partial charge in [0.1, 0.15) is 0 Å². The van der Waals surface area contributed by atoms with Crippen molar-refractivity contribution >= 4 is 17.8 Å². The molecule has 1 fully saturated rings. The first-order valence-corrected chi connectivity index (χ1v) is 8.59. The van der Waals surface area contributed by atoms with Gasteiger partial charge >= 0.3 is 6.03 Å². The van der Waals surface area contributed by atoms with Gasteiger partial charge in [-0.25, -0.2) is 4.79 Å². The predicted molar refractivity (Wildman–Crippen MR) is 86.6 cm³/mol. The minimum Gasteiger partial charge on any atom is -0.396 e. The van der Waals surface area contributed by atoms with Crippen molar-refractivity contribution in [1.82, 2.24) is 10.2 Å². The van der Waals surface area contributed by atoms with Gasteiger partial charge in [0.2, 0.25) is 0 Å². The molecule has 0 unspecified atom stereocenters. The van der Waals surface area contributed by atoms with E-state index in [-0.39, 0.29) is 12.6 Å². The lowest BCUT2D eigenvalue weighted by Gasteiger charge is -2.31. The first-order chi connectivity index (χ1) is 10.3. The smallest absolute Gasteiger partial charge is 0.317 e. The van der Waals surface area contributed by atoms with E-state index in [1.54, 1.807) is 0 Å². The highest BCUT2D eigenvalue weighted by Gasteiger charge is 2.21. The number of rotatable bonds is 6. The summed E-state index contributed by atoms with van der Waals surface area (Å²) in [5.41, 5.74) is 0. The second-order valence-electron chi connectivity index (χ2n) is 5.36. The summed E-state index contributed by atoms with van der Waals surface area (Å²) in [7, 11) is 0. The van der Waals surface area contributed by atoms with Gasteiger partial charge in [-0.1, -0.05) is 18.2 Å². The van der Waals surface area contributed by atoms with E-state index in [0.29, 0.717) is 5.92 Å². The topological polar surface area (TPSA) is 52.6 Å². The van der Waals surface area contributed by atoms with Crippen molar-refractivity contribution in [2.45, 2.75) is 24.2 Å². The molecule has 0 aromatic heterocycles. The van der Waals surface area contributed by atoms with E-state index >= 15 is 0 Å². The molecule has 4 nitrogen and oxygen atoms in total. The molecular weight excluding hydrogens is 284 g/mol. The Hall–Kier alpha value is -1.20. The number of benzene rings is 1. The zero-order chi connectivity index (χ0) is 14.9. The Balaban J connectivity index is 1.55. The number of aliphatic hydroxyl groups is 1. The summed E-state index contributed by atoms with van der Waals surface area (Å²) in [4.78, 5) is 15.1. The van der Waals surface area contributed by atoms with E-state index in [1.807, 2.05) is 34.9 Å². The Bertz CT molecular complexity index is 420. The number of aliphatic hydroxyl groups excluding tert-OH is 1. The monoisotopic (exact) mass is 308 g/mol. The van der Waals surface area contributed by atoms with Crippen LogP contribution >= 0.6 is 11.8 Å². The first-order valence-electron chi connectivity index (χ1n) is 7.61. The van der Waals surface area contributed by atoms with E-state index in [0.717, 1.165) is 44.6 Å². The highest BCUT2D eigenvalue weighted by molar-refractivity contribution is 7.99. The number of hydrogen-bond acceptors (Lipinski definition) is 3. The zero-order valence-electron chi connectivity index (χ0n) is 12.3. The minimum atomic E-state index is 0.0381. The van der Waals surface area contributed by atoms with Crippen LogP contribution in [-0.2, 0) is 0 Å². The third kappa shape index (κ3) is 5.59. The Kier molecular flexibility index (Phi) is 6.89. The van der Waals surface area contributed by atoms with Crippen molar-refractivity contribution in [1.29, 1.82) is 0 Å². The molecule has 1 aromatic rings. The van der Waals surface area contributed by atoms with Gasteiger partial charge in [-0.3, -0.25) is 0 Å². The van der Waals surface area contributed by atoms with E-state index in [9.17, 15) is 4.79 Å². The number of hydrogen-bond donors (Lipinski definition) is 2. The third-order valence-electron chi connectivity index (χ3n) is 3.77. The van der Waals surface area contributed by atoms with Crippen LogP contribution in [-0.4, -0.2) is 48.0 Å². The molecule has 5 heteroatoms. The Morgan fingerprint density at radius 3 is 2.67 bits per heavy atom. The standard InChI is InChI=1S/C16H24N2O2S/c19-13-14-7-10-18(11-8-14)16(20)17-9-4-12-21-15-5-2-1-3-6-15/h1-3,5-6,14,19H,4,7-13H2,(H,17,20). The lowest BCUT2D eigenvalue weighted by molar-refractivity contribution is 0.137. The number of urea groups is 1. The second kappa shape index (κ2) is 8.95. The Morgan fingerprint density at radius 2 is 2.00 bits per heavy atom. The summed E-state index contributed by atoms with van der Waals surface area (Å²) in [6, 6.07) is 10.4. The number of piperidine rings is 1. The molecule has 2 N–H and O–H groups in total. The van der Waals surface area contributed by atoms with Crippen molar-refractivity contribution in [3.8, 4) is 0 Å². The maximum atomic E-state index is 12.0.